The Bertz CT molecular complexity index is 839. The molecule has 0 atom stereocenters. The molecule has 0 saturated heterocycles. The summed E-state index contributed by atoms with van der Waals surface area (Å²) in [5.74, 6) is 0.0772. The summed E-state index contributed by atoms with van der Waals surface area (Å²) in [6.07, 6.45) is 0. The average Bonchev–Trinajstić information content (AvgIpc) is 2.46. The molecular weight excluding hydrogens is 349 g/mol. The van der Waals surface area contributed by atoms with E-state index in [-0.39, 0.29) is 26.4 Å². The number of nitrogens with zero attached hydrogens (tertiary/aromatic N) is 1. The average molecular weight is 358 g/mol. The molecule has 2 rings (SSSR count). The zero-order chi connectivity index (χ0) is 16.3. The van der Waals surface area contributed by atoms with Crippen molar-refractivity contribution in [2.75, 3.05) is 7.11 Å². The molecule has 0 unspecified atom stereocenters. The minimum absolute atomic E-state index is 0.0439. The fourth-order valence-electron chi connectivity index (χ4n) is 1.65. The number of hydrogen-bond acceptors (Lipinski definition) is 5. The van der Waals surface area contributed by atoms with Gasteiger partial charge in [0.05, 0.1) is 18.7 Å². The molecule has 0 heterocycles. The van der Waals surface area contributed by atoms with E-state index in [9.17, 15) is 8.42 Å². The quantitative estimate of drug-likeness (QED) is 0.780. The molecule has 0 aliphatic carbocycles. The Hall–Kier alpha value is -1.94. The van der Waals surface area contributed by atoms with E-state index < -0.39 is 10.1 Å². The highest BCUT2D eigenvalue weighted by Gasteiger charge is 2.20. The van der Waals surface area contributed by atoms with E-state index in [4.69, 9.17) is 37.4 Å². The van der Waals surface area contributed by atoms with Gasteiger partial charge in [0.25, 0.3) is 0 Å². The molecule has 0 amide bonds. The van der Waals surface area contributed by atoms with Gasteiger partial charge in [-0.3, -0.25) is 0 Å². The maximum Gasteiger partial charge on any atom is 0.339 e. The van der Waals surface area contributed by atoms with Gasteiger partial charge in [-0.25, -0.2) is 0 Å². The highest BCUT2D eigenvalue weighted by Crippen LogP contribution is 2.31. The Morgan fingerprint density at radius 3 is 2.23 bits per heavy atom. The Morgan fingerprint density at radius 2 is 1.68 bits per heavy atom. The molecule has 0 spiro atoms. The van der Waals surface area contributed by atoms with Crippen molar-refractivity contribution in [2.45, 2.75) is 4.90 Å². The van der Waals surface area contributed by atoms with Crippen molar-refractivity contribution in [2.24, 2.45) is 0 Å². The molecule has 0 bridgehead atoms. The fraction of sp³-hybridized carbons (Fsp3) is 0.0714. The summed E-state index contributed by atoms with van der Waals surface area (Å²) in [6, 6.07) is 9.89. The predicted molar refractivity (Wildman–Crippen MR) is 82.0 cm³/mol. The summed E-state index contributed by atoms with van der Waals surface area (Å²) in [4.78, 5) is -0.184. The molecule has 22 heavy (non-hydrogen) atoms. The van der Waals surface area contributed by atoms with Gasteiger partial charge < -0.3 is 8.92 Å². The van der Waals surface area contributed by atoms with Gasteiger partial charge in [-0.2, -0.15) is 13.7 Å². The Kier molecular flexibility index (Phi) is 4.81. The zero-order valence-corrected chi connectivity index (χ0v) is 13.5. The molecule has 2 aromatic carbocycles. The highest BCUT2D eigenvalue weighted by atomic mass is 35.5. The lowest BCUT2D eigenvalue weighted by Gasteiger charge is -2.11. The van der Waals surface area contributed by atoms with Gasteiger partial charge in [0.2, 0.25) is 0 Å². The summed E-state index contributed by atoms with van der Waals surface area (Å²) >= 11 is 11.6. The van der Waals surface area contributed by atoms with Crippen molar-refractivity contribution in [1.29, 1.82) is 5.26 Å². The summed E-state index contributed by atoms with van der Waals surface area (Å²) in [7, 11) is -2.80. The predicted octanol–water partition coefficient (Wildman–Crippen LogP) is 3.64. The van der Waals surface area contributed by atoms with Crippen LogP contribution >= 0.6 is 23.2 Å². The van der Waals surface area contributed by atoms with Crippen molar-refractivity contribution in [3.63, 3.8) is 0 Å². The van der Waals surface area contributed by atoms with Crippen molar-refractivity contribution < 1.29 is 17.3 Å². The number of benzene rings is 2. The van der Waals surface area contributed by atoms with Crippen LogP contribution in [-0.4, -0.2) is 15.5 Å². The van der Waals surface area contributed by atoms with Crippen LogP contribution in [0.15, 0.2) is 41.3 Å². The number of nitriles is 1. The number of ether oxygens (including phenoxy) is 1. The largest absolute Gasteiger partial charge is 0.493 e. The Morgan fingerprint density at radius 1 is 1.05 bits per heavy atom. The third-order valence-corrected chi connectivity index (χ3v) is 4.27. The van der Waals surface area contributed by atoms with Crippen LogP contribution in [0.3, 0.4) is 0 Å². The fourth-order valence-corrected chi connectivity index (χ4v) is 3.31. The van der Waals surface area contributed by atoms with E-state index in [0.29, 0.717) is 5.56 Å². The summed E-state index contributed by atoms with van der Waals surface area (Å²) in [6.45, 7) is 0. The first-order valence-electron chi connectivity index (χ1n) is 5.84. The second kappa shape index (κ2) is 6.44. The minimum atomic E-state index is -4.14. The topological polar surface area (TPSA) is 76.4 Å². The highest BCUT2D eigenvalue weighted by molar-refractivity contribution is 7.87. The number of halogens is 2. The molecule has 114 valence electrons. The molecule has 5 nitrogen and oxygen atoms in total. The van der Waals surface area contributed by atoms with Gasteiger partial charge in [-0.05, 0) is 30.3 Å². The van der Waals surface area contributed by atoms with E-state index in [0.717, 1.165) is 0 Å². The molecular formula is C14H9Cl2NO4S. The number of rotatable bonds is 4. The standard InChI is InChI=1S/C14H9Cl2NO4S/c1-20-14-4-9(8-17)2-3-13(14)21-22(18,19)12-6-10(15)5-11(16)7-12/h2-7H,1H3. The third-order valence-electron chi connectivity index (χ3n) is 2.62. The van der Waals surface area contributed by atoms with Gasteiger partial charge >= 0.3 is 10.1 Å². The normalized spacial score (nSPS) is 10.8. The van der Waals surface area contributed by atoms with E-state index >= 15 is 0 Å². The molecule has 0 N–H and O–H groups in total. The lowest BCUT2D eigenvalue weighted by Crippen LogP contribution is -2.10. The van der Waals surface area contributed by atoms with Crippen LogP contribution in [0.2, 0.25) is 10.0 Å². The first-order valence-corrected chi connectivity index (χ1v) is 8.01. The molecule has 0 radical (unpaired) electrons. The molecule has 0 aromatic heterocycles. The summed E-state index contributed by atoms with van der Waals surface area (Å²) < 4.78 is 34.6. The van der Waals surface area contributed by atoms with Crippen molar-refractivity contribution in [3.05, 3.63) is 52.0 Å². The number of methoxy groups -OCH3 is 1. The lowest BCUT2D eigenvalue weighted by atomic mass is 10.2. The minimum Gasteiger partial charge on any atom is -0.493 e. The van der Waals surface area contributed by atoms with E-state index in [1.165, 1.54) is 43.5 Å². The number of hydrogen-bond donors (Lipinski definition) is 0. The maximum atomic E-state index is 12.3. The van der Waals surface area contributed by atoms with Gasteiger partial charge in [-0.1, -0.05) is 23.2 Å². The zero-order valence-electron chi connectivity index (χ0n) is 11.2. The third kappa shape index (κ3) is 3.63. The van der Waals surface area contributed by atoms with Crippen LogP contribution in [0.1, 0.15) is 5.56 Å². The molecule has 0 fully saturated rings. The molecule has 0 aliphatic rings. The molecule has 8 heteroatoms. The molecule has 0 saturated carbocycles. The van der Waals surface area contributed by atoms with Crippen LogP contribution in [0.4, 0.5) is 0 Å². The van der Waals surface area contributed by atoms with E-state index in [1.54, 1.807) is 0 Å². The van der Waals surface area contributed by atoms with Gasteiger partial charge in [-0.15, -0.1) is 0 Å². The molecule has 2 aromatic rings. The Balaban J connectivity index is 2.43. The van der Waals surface area contributed by atoms with Crippen molar-refractivity contribution in [3.8, 4) is 17.6 Å². The SMILES string of the molecule is COc1cc(C#N)ccc1OS(=O)(=O)c1cc(Cl)cc(Cl)c1. The second-order valence-electron chi connectivity index (χ2n) is 4.12. The van der Waals surface area contributed by atoms with Crippen LogP contribution in [0, 0.1) is 11.3 Å². The van der Waals surface area contributed by atoms with Crippen molar-refractivity contribution in [1.82, 2.24) is 0 Å². The molecule has 0 aliphatic heterocycles. The first-order chi connectivity index (χ1) is 10.4. The van der Waals surface area contributed by atoms with E-state index in [2.05, 4.69) is 0 Å². The monoisotopic (exact) mass is 357 g/mol. The smallest absolute Gasteiger partial charge is 0.339 e. The second-order valence-corrected chi connectivity index (χ2v) is 6.54. The summed E-state index contributed by atoms with van der Waals surface area (Å²) in [5, 5.41) is 9.16. The van der Waals surface area contributed by atoms with Crippen LogP contribution in [0.25, 0.3) is 0 Å². The first kappa shape index (κ1) is 16.4. The van der Waals surface area contributed by atoms with Gasteiger partial charge in [0, 0.05) is 16.1 Å². The summed E-state index contributed by atoms with van der Waals surface area (Å²) in [5.41, 5.74) is 0.312. The van der Waals surface area contributed by atoms with Crippen molar-refractivity contribution >= 4 is 33.3 Å². The van der Waals surface area contributed by atoms with Crippen LogP contribution in [-0.2, 0) is 10.1 Å². The Labute approximate surface area is 137 Å². The lowest BCUT2D eigenvalue weighted by molar-refractivity contribution is 0.390. The van der Waals surface area contributed by atoms with Crippen LogP contribution < -0.4 is 8.92 Å². The van der Waals surface area contributed by atoms with E-state index in [1.807, 2.05) is 6.07 Å². The van der Waals surface area contributed by atoms with Crippen LogP contribution in [0.5, 0.6) is 11.5 Å². The van der Waals surface area contributed by atoms with Gasteiger partial charge in [0.15, 0.2) is 11.5 Å². The van der Waals surface area contributed by atoms with Gasteiger partial charge in [0.1, 0.15) is 4.90 Å². The maximum absolute atomic E-state index is 12.3.